The minimum Gasteiger partial charge on any atom is -0.348 e. The Morgan fingerprint density at radius 1 is 0.933 bits per heavy atom. The third-order valence-electron chi connectivity index (χ3n) is 4.77. The summed E-state index contributed by atoms with van der Waals surface area (Å²) in [5.74, 6) is -0.664. The van der Waals surface area contributed by atoms with Crippen LogP contribution in [0.3, 0.4) is 0 Å². The molecule has 5 nitrogen and oxygen atoms in total. The number of nitrogens with zero attached hydrogens (tertiary/aromatic N) is 1. The number of amides is 2. The van der Waals surface area contributed by atoms with Crippen molar-refractivity contribution in [1.82, 2.24) is 10.2 Å². The highest BCUT2D eigenvalue weighted by molar-refractivity contribution is 5.94. The molecule has 0 fully saturated rings. The van der Waals surface area contributed by atoms with Crippen molar-refractivity contribution >= 4 is 11.8 Å². The van der Waals surface area contributed by atoms with E-state index < -0.39 is 0 Å². The molecule has 0 aliphatic rings. The molecule has 0 atom stereocenters. The molecule has 3 aromatic carbocycles. The summed E-state index contributed by atoms with van der Waals surface area (Å²) in [4.78, 5) is 25.6. The van der Waals surface area contributed by atoms with Gasteiger partial charge in [-0.3, -0.25) is 9.59 Å². The Hall–Kier alpha value is -3.51. The van der Waals surface area contributed by atoms with Crippen molar-refractivity contribution < 1.29 is 14.0 Å². The summed E-state index contributed by atoms with van der Waals surface area (Å²) in [6.07, 6.45) is 0. The summed E-state index contributed by atoms with van der Waals surface area (Å²) < 4.78 is 13.2. The molecule has 154 valence electrons. The molecule has 0 unspecified atom stereocenters. The first kappa shape index (κ1) is 21.2. The molecular weight excluding hydrogens is 381 g/mol. The Labute approximate surface area is 175 Å². The van der Waals surface area contributed by atoms with Crippen molar-refractivity contribution in [3.8, 4) is 11.1 Å². The van der Waals surface area contributed by atoms with E-state index in [1.165, 1.54) is 12.1 Å². The van der Waals surface area contributed by atoms with Crippen molar-refractivity contribution in [3.63, 3.8) is 0 Å². The molecule has 2 amide bonds. The van der Waals surface area contributed by atoms with Crippen molar-refractivity contribution in [1.29, 1.82) is 0 Å². The highest BCUT2D eigenvalue weighted by atomic mass is 19.1. The van der Waals surface area contributed by atoms with Crippen LogP contribution in [0.5, 0.6) is 0 Å². The summed E-state index contributed by atoms with van der Waals surface area (Å²) in [6, 6.07) is 21.3. The Morgan fingerprint density at radius 3 is 2.33 bits per heavy atom. The number of carbonyl (C=O) groups is 2. The van der Waals surface area contributed by atoms with Crippen LogP contribution >= 0.6 is 0 Å². The summed E-state index contributed by atoms with van der Waals surface area (Å²) in [7, 11) is 1.72. The molecule has 3 rings (SSSR count). The van der Waals surface area contributed by atoms with E-state index in [4.69, 9.17) is 5.73 Å². The SMILES string of the molecule is CN(Cc1cccc(-c2ccc(C(=O)NCc3cccc(F)c3)cc2)c1)C(=O)CN. The minimum atomic E-state index is -0.327. The van der Waals surface area contributed by atoms with E-state index in [0.717, 1.165) is 16.7 Å². The van der Waals surface area contributed by atoms with E-state index in [9.17, 15) is 14.0 Å². The number of likely N-dealkylation sites (N-methyl/N-ethyl adjacent to an activating group) is 1. The summed E-state index contributed by atoms with van der Waals surface area (Å²) >= 11 is 0. The van der Waals surface area contributed by atoms with Crippen LogP contribution in [-0.4, -0.2) is 30.3 Å². The van der Waals surface area contributed by atoms with Crippen LogP contribution in [0.2, 0.25) is 0 Å². The summed E-state index contributed by atoms with van der Waals surface area (Å²) in [5.41, 5.74) is 9.59. The van der Waals surface area contributed by atoms with Gasteiger partial charge in [0.25, 0.3) is 5.91 Å². The summed E-state index contributed by atoms with van der Waals surface area (Å²) in [5, 5.41) is 2.80. The molecule has 0 aliphatic heterocycles. The van der Waals surface area contributed by atoms with Gasteiger partial charge >= 0.3 is 0 Å². The van der Waals surface area contributed by atoms with Crippen LogP contribution in [0.4, 0.5) is 4.39 Å². The monoisotopic (exact) mass is 405 g/mol. The van der Waals surface area contributed by atoms with Gasteiger partial charge in [-0.2, -0.15) is 0 Å². The second-order valence-electron chi connectivity index (χ2n) is 7.04. The third-order valence-corrected chi connectivity index (χ3v) is 4.77. The highest BCUT2D eigenvalue weighted by Crippen LogP contribution is 2.22. The van der Waals surface area contributed by atoms with Crippen LogP contribution in [0.15, 0.2) is 72.8 Å². The molecule has 0 bridgehead atoms. The van der Waals surface area contributed by atoms with Gasteiger partial charge in [-0.05, 0) is 52.6 Å². The molecule has 0 heterocycles. The zero-order valence-electron chi connectivity index (χ0n) is 16.8. The van der Waals surface area contributed by atoms with Crippen molar-refractivity contribution in [2.75, 3.05) is 13.6 Å². The molecule has 3 N–H and O–H groups in total. The smallest absolute Gasteiger partial charge is 0.251 e. The Kier molecular flexibility index (Phi) is 6.93. The van der Waals surface area contributed by atoms with E-state index in [1.54, 1.807) is 36.2 Å². The average molecular weight is 405 g/mol. The number of carbonyl (C=O) groups excluding carboxylic acids is 2. The summed E-state index contributed by atoms with van der Waals surface area (Å²) in [6.45, 7) is 0.721. The zero-order chi connectivity index (χ0) is 21.5. The van der Waals surface area contributed by atoms with E-state index in [0.29, 0.717) is 17.7 Å². The standard InChI is InChI=1S/C24H24FN3O2/c1-28(23(29)14-26)16-18-5-2-6-21(12-18)19-8-10-20(11-9-19)24(30)27-15-17-4-3-7-22(25)13-17/h2-13H,14-16,26H2,1H3,(H,27,30). The first-order valence-electron chi connectivity index (χ1n) is 9.62. The molecular formula is C24H24FN3O2. The number of nitrogens with one attached hydrogen (secondary N) is 1. The molecule has 30 heavy (non-hydrogen) atoms. The molecule has 0 radical (unpaired) electrons. The van der Waals surface area contributed by atoms with Gasteiger partial charge in [-0.15, -0.1) is 0 Å². The lowest BCUT2D eigenvalue weighted by Crippen LogP contribution is -2.32. The number of rotatable bonds is 7. The first-order chi connectivity index (χ1) is 14.5. The van der Waals surface area contributed by atoms with Crippen LogP contribution in [0, 0.1) is 5.82 Å². The molecule has 3 aromatic rings. The van der Waals surface area contributed by atoms with E-state index >= 15 is 0 Å². The van der Waals surface area contributed by atoms with Crippen LogP contribution < -0.4 is 11.1 Å². The lowest BCUT2D eigenvalue weighted by Gasteiger charge is -2.16. The van der Waals surface area contributed by atoms with Gasteiger partial charge in [0.1, 0.15) is 5.82 Å². The normalized spacial score (nSPS) is 10.5. The fourth-order valence-electron chi connectivity index (χ4n) is 3.11. The number of halogens is 1. The van der Waals surface area contributed by atoms with Gasteiger partial charge in [0.2, 0.25) is 5.91 Å². The van der Waals surface area contributed by atoms with E-state index in [2.05, 4.69) is 5.32 Å². The largest absolute Gasteiger partial charge is 0.348 e. The van der Waals surface area contributed by atoms with Gasteiger partial charge in [-0.25, -0.2) is 4.39 Å². The fraction of sp³-hybridized carbons (Fsp3) is 0.167. The maximum absolute atomic E-state index is 13.2. The predicted molar refractivity (Wildman–Crippen MR) is 115 cm³/mol. The van der Waals surface area contributed by atoms with Gasteiger partial charge in [-0.1, -0.05) is 42.5 Å². The lowest BCUT2D eigenvalue weighted by molar-refractivity contribution is -0.128. The maximum Gasteiger partial charge on any atom is 0.251 e. The van der Waals surface area contributed by atoms with E-state index in [1.807, 2.05) is 36.4 Å². The number of hydrogen-bond donors (Lipinski definition) is 2. The van der Waals surface area contributed by atoms with Crippen molar-refractivity contribution in [2.45, 2.75) is 13.1 Å². The van der Waals surface area contributed by atoms with Crippen molar-refractivity contribution in [2.24, 2.45) is 5.73 Å². The van der Waals surface area contributed by atoms with Gasteiger partial charge in [0.15, 0.2) is 0 Å². The Balaban J connectivity index is 1.65. The molecule has 0 saturated carbocycles. The van der Waals surface area contributed by atoms with Gasteiger partial charge in [0.05, 0.1) is 6.54 Å². The molecule has 0 aliphatic carbocycles. The Bertz CT molecular complexity index is 1030. The molecule has 0 aromatic heterocycles. The predicted octanol–water partition coefficient (Wildman–Crippen LogP) is 3.34. The third kappa shape index (κ3) is 5.52. The molecule has 0 saturated heterocycles. The number of nitrogens with two attached hydrogens (primary N) is 1. The van der Waals surface area contributed by atoms with Gasteiger partial charge < -0.3 is 16.0 Å². The Morgan fingerprint density at radius 2 is 1.63 bits per heavy atom. The second-order valence-corrected chi connectivity index (χ2v) is 7.04. The zero-order valence-corrected chi connectivity index (χ0v) is 16.8. The maximum atomic E-state index is 13.2. The van der Waals surface area contributed by atoms with Crippen LogP contribution in [0.25, 0.3) is 11.1 Å². The second kappa shape index (κ2) is 9.80. The fourth-order valence-corrected chi connectivity index (χ4v) is 3.11. The lowest BCUT2D eigenvalue weighted by atomic mass is 10.0. The topological polar surface area (TPSA) is 75.4 Å². The van der Waals surface area contributed by atoms with E-state index in [-0.39, 0.29) is 30.7 Å². The van der Waals surface area contributed by atoms with Crippen LogP contribution in [0.1, 0.15) is 21.5 Å². The minimum absolute atomic E-state index is 0.0150. The quantitative estimate of drug-likeness (QED) is 0.633. The number of benzene rings is 3. The average Bonchev–Trinajstić information content (AvgIpc) is 2.77. The molecule has 0 spiro atoms. The first-order valence-corrected chi connectivity index (χ1v) is 9.62. The molecule has 6 heteroatoms. The number of hydrogen-bond acceptors (Lipinski definition) is 3. The van der Waals surface area contributed by atoms with Crippen molar-refractivity contribution in [3.05, 3.63) is 95.3 Å². The highest BCUT2D eigenvalue weighted by Gasteiger charge is 2.09. The van der Waals surface area contributed by atoms with Crippen LogP contribution in [-0.2, 0) is 17.9 Å². The van der Waals surface area contributed by atoms with Gasteiger partial charge in [0, 0.05) is 25.7 Å².